The van der Waals surface area contributed by atoms with Gasteiger partial charge in [0, 0.05) is 13.2 Å². The smallest absolute Gasteiger partial charge is 0.281 e. The van der Waals surface area contributed by atoms with Crippen LogP contribution in [0.4, 0.5) is 5.69 Å². The molecule has 0 radical (unpaired) electrons. The minimum atomic E-state index is -3.78. The molecule has 1 aromatic heterocycles. The predicted octanol–water partition coefficient (Wildman–Crippen LogP) is 0.886. The van der Waals surface area contributed by atoms with E-state index in [-0.39, 0.29) is 16.6 Å². The Bertz CT molecular complexity index is 755. The average Bonchev–Trinajstić information content (AvgIpc) is 2.85. The first-order chi connectivity index (χ1) is 9.88. The number of para-hydroxylation sites is 2. The van der Waals surface area contributed by atoms with E-state index < -0.39 is 10.0 Å². The van der Waals surface area contributed by atoms with Gasteiger partial charge in [0.1, 0.15) is 17.3 Å². The summed E-state index contributed by atoms with van der Waals surface area (Å²) < 4.78 is 33.8. The Labute approximate surface area is 127 Å². The van der Waals surface area contributed by atoms with Crippen molar-refractivity contribution in [2.24, 2.45) is 12.8 Å². The van der Waals surface area contributed by atoms with Crippen LogP contribution >= 0.6 is 12.2 Å². The molecule has 0 aliphatic carbocycles. The summed E-state index contributed by atoms with van der Waals surface area (Å²) in [6.07, 6.45) is 2.81. The first kappa shape index (κ1) is 15.3. The van der Waals surface area contributed by atoms with Gasteiger partial charge in [-0.3, -0.25) is 4.72 Å². The molecule has 0 fully saturated rings. The second-order valence-electron chi connectivity index (χ2n) is 4.23. The molecular formula is C12H14N4O3S2. The van der Waals surface area contributed by atoms with Crippen molar-refractivity contribution in [2.45, 2.75) is 5.03 Å². The molecule has 0 saturated carbocycles. The topological polar surface area (TPSA) is 99.2 Å². The van der Waals surface area contributed by atoms with Gasteiger partial charge >= 0.3 is 0 Å². The highest BCUT2D eigenvalue weighted by Crippen LogP contribution is 2.26. The summed E-state index contributed by atoms with van der Waals surface area (Å²) >= 11 is 4.73. The van der Waals surface area contributed by atoms with Crippen LogP contribution in [0.2, 0.25) is 0 Å². The number of rotatable bonds is 6. The Morgan fingerprint density at radius 3 is 2.81 bits per heavy atom. The third-order valence-electron chi connectivity index (χ3n) is 2.46. The van der Waals surface area contributed by atoms with Gasteiger partial charge in [0.2, 0.25) is 0 Å². The molecule has 21 heavy (non-hydrogen) atoms. The number of nitrogens with one attached hydrogen (secondary N) is 1. The quantitative estimate of drug-likeness (QED) is 0.765. The lowest BCUT2D eigenvalue weighted by Crippen LogP contribution is -2.19. The van der Waals surface area contributed by atoms with Crippen LogP contribution in [-0.4, -0.2) is 29.6 Å². The second kappa shape index (κ2) is 6.10. The zero-order chi connectivity index (χ0) is 15.5. The van der Waals surface area contributed by atoms with Crippen LogP contribution in [0.3, 0.4) is 0 Å². The fourth-order valence-corrected chi connectivity index (χ4v) is 2.66. The first-order valence-electron chi connectivity index (χ1n) is 5.89. The average molecular weight is 326 g/mol. The molecule has 0 saturated heterocycles. The van der Waals surface area contributed by atoms with E-state index in [0.717, 1.165) is 0 Å². The molecule has 0 aliphatic heterocycles. The number of benzene rings is 1. The minimum Gasteiger partial charge on any atom is -0.484 e. The molecule has 0 bridgehead atoms. The maximum Gasteiger partial charge on any atom is 0.281 e. The molecule has 7 nitrogen and oxygen atoms in total. The number of imidazole rings is 1. The van der Waals surface area contributed by atoms with Gasteiger partial charge in [-0.15, -0.1) is 0 Å². The Morgan fingerprint density at radius 1 is 1.48 bits per heavy atom. The van der Waals surface area contributed by atoms with Crippen molar-refractivity contribution in [3.63, 3.8) is 0 Å². The third-order valence-corrected chi connectivity index (χ3v) is 3.83. The lowest BCUT2D eigenvalue weighted by Gasteiger charge is -2.12. The van der Waals surface area contributed by atoms with Crippen LogP contribution in [0.1, 0.15) is 0 Å². The second-order valence-corrected chi connectivity index (χ2v) is 6.39. The van der Waals surface area contributed by atoms with Gasteiger partial charge < -0.3 is 15.0 Å². The molecule has 3 N–H and O–H groups in total. The zero-order valence-electron chi connectivity index (χ0n) is 11.2. The Morgan fingerprint density at radius 2 is 2.19 bits per heavy atom. The van der Waals surface area contributed by atoms with Crippen molar-refractivity contribution in [1.82, 2.24) is 9.55 Å². The van der Waals surface area contributed by atoms with Crippen molar-refractivity contribution in [2.75, 3.05) is 11.3 Å². The lowest BCUT2D eigenvalue weighted by atomic mass is 10.3. The summed E-state index contributed by atoms with van der Waals surface area (Å²) in [5, 5.41) is -0.0749. The number of hydrogen-bond acceptors (Lipinski definition) is 5. The minimum absolute atomic E-state index is 0.0255. The van der Waals surface area contributed by atoms with Gasteiger partial charge in [-0.2, -0.15) is 8.42 Å². The van der Waals surface area contributed by atoms with Gasteiger partial charge in [0.05, 0.1) is 12.0 Å². The molecule has 0 atom stereocenters. The highest BCUT2D eigenvalue weighted by molar-refractivity contribution is 7.92. The summed E-state index contributed by atoms with van der Waals surface area (Å²) in [7, 11) is -2.09. The summed E-state index contributed by atoms with van der Waals surface area (Å²) in [6.45, 7) is 0.0255. The number of ether oxygens (including phenoxy) is 1. The van der Waals surface area contributed by atoms with Crippen molar-refractivity contribution in [1.29, 1.82) is 0 Å². The van der Waals surface area contributed by atoms with Gasteiger partial charge in [0.25, 0.3) is 10.0 Å². The highest BCUT2D eigenvalue weighted by Gasteiger charge is 2.19. The third kappa shape index (κ3) is 3.92. The highest BCUT2D eigenvalue weighted by atomic mass is 32.2. The summed E-state index contributed by atoms with van der Waals surface area (Å²) in [4.78, 5) is 4.00. The van der Waals surface area contributed by atoms with E-state index in [1.807, 2.05) is 0 Å². The summed E-state index contributed by atoms with van der Waals surface area (Å²) in [5.74, 6) is 0.338. The van der Waals surface area contributed by atoms with Crippen LogP contribution in [0, 0.1) is 0 Å². The van der Waals surface area contributed by atoms with Gasteiger partial charge in [-0.1, -0.05) is 24.4 Å². The van der Waals surface area contributed by atoms with Crippen molar-refractivity contribution < 1.29 is 13.2 Å². The van der Waals surface area contributed by atoms with E-state index in [4.69, 9.17) is 22.7 Å². The normalized spacial score (nSPS) is 11.1. The largest absolute Gasteiger partial charge is 0.484 e. The SMILES string of the molecule is Cn1cnc(S(=O)(=O)Nc2ccccc2OCC(N)=S)c1. The molecule has 0 spiro atoms. The molecule has 0 unspecified atom stereocenters. The van der Waals surface area contributed by atoms with Crippen molar-refractivity contribution >= 4 is 32.9 Å². The molecule has 0 amide bonds. The van der Waals surface area contributed by atoms with Crippen LogP contribution in [0.25, 0.3) is 0 Å². The van der Waals surface area contributed by atoms with Crippen LogP contribution < -0.4 is 15.2 Å². The molecule has 2 rings (SSSR count). The standard InChI is InChI=1S/C12H14N4O3S2/c1-16-6-12(14-8-16)21(17,18)15-9-4-2-3-5-10(9)19-7-11(13)20/h2-6,8,15H,7H2,1H3,(H2,13,20). The number of thiocarbonyl (C=S) groups is 1. The number of sulfonamides is 1. The molecule has 1 heterocycles. The number of nitrogens with two attached hydrogens (primary N) is 1. The molecule has 112 valence electrons. The van der Waals surface area contributed by atoms with Crippen LogP contribution in [-0.2, 0) is 17.1 Å². The summed E-state index contributed by atoms with van der Waals surface area (Å²) in [6, 6.07) is 6.60. The number of hydrogen-bond donors (Lipinski definition) is 2. The fraction of sp³-hybridized carbons (Fsp3) is 0.167. The Hall–Kier alpha value is -2.13. The number of anilines is 1. The van der Waals surface area contributed by atoms with E-state index in [1.54, 1.807) is 35.9 Å². The van der Waals surface area contributed by atoms with E-state index in [2.05, 4.69) is 9.71 Å². The van der Waals surface area contributed by atoms with Gasteiger partial charge in [-0.05, 0) is 12.1 Å². The van der Waals surface area contributed by atoms with E-state index in [9.17, 15) is 8.42 Å². The molecule has 1 aromatic carbocycles. The Balaban J connectivity index is 2.25. The molecule has 0 aliphatic rings. The van der Waals surface area contributed by atoms with Crippen LogP contribution in [0.5, 0.6) is 5.75 Å². The first-order valence-corrected chi connectivity index (χ1v) is 7.78. The maximum atomic E-state index is 12.2. The summed E-state index contributed by atoms with van der Waals surface area (Å²) in [5.41, 5.74) is 5.66. The monoisotopic (exact) mass is 326 g/mol. The number of aromatic nitrogens is 2. The van der Waals surface area contributed by atoms with E-state index >= 15 is 0 Å². The van der Waals surface area contributed by atoms with Crippen molar-refractivity contribution in [3.8, 4) is 5.75 Å². The molecule has 2 aromatic rings. The predicted molar refractivity (Wildman–Crippen MR) is 82.7 cm³/mol. The molecular weight excluding hydrogens is 312 g/mol. The number of nitrogens with zero attached hydrogens (tertiary/aromatic N) is 2. The molecule has 9 heteroatoms. The van der Waals surface area contributed by atoms with Crippen LogP contribution in [0.15, 0.2) is 41.8 Å². The zero-order valence-corrected chi connectivity index (χ0v) is 12.8. The van der Waals surface area contributed by atoms with E-state index in [0.29, 0.717) is 11.4 Å². The maximum absolute atomic E-state index is 12.2. The lowest BCUT2D eigenvalue weighted by molar-refractivity contribution is 0.379. The van der Waals surface area contributed by atoms with E-state index in [1.165, 1.54) is 12.5 Å². The fourth-order valence-electron chi connectivity index (χ4n) is 1.55. The van der Waals surface area contributed by atoms with Crippen molar-refractivity contribution in [3.05, 3.63) is 36.8 Å². The number of aryl methyl sites for hydroxylation is 1. The Kier molecular flexibility index (Phi) is 4.43. The van der Waals surface area contributed by atoms with Gasteiger partial charge in [-0.25, -0.2) is 4.98 Å². The van der Waals surface area contributed by atoms with Gasteiger partial charge in [0.15, 0.2) is 5.03 Å².